The average molecular weight is 400 g/mol. The fourth-order valence-electron chi connectivity index (χ4n) is 3.87. The van der Waals surface area contributed by atoms with E-state index in [0.29, 0.717) is 26.1 Å². The molecule has 3 aliphatic rings. The first-order chi connectivity index (χ1) is 14.0. The molecule has 9 nitrogen and oxygen atoms in total. The van der Waals surface area contributed by atoms with Crippen molar-refractivity contribution in [2.24, 2.45) is 5.92 Å². The van der Waals surface area contributed by atoms with Crippen molar-refractivity contribution >= 4 is 29.6 Å². The van der Waals surface area contributed by atoms with Crippen LogP contribution in [-0.2, 0) is 23.9 Å². The number of imide groups is 2. The van der Waals surface area contributed by atoms with E-state index in [2.05, 4.69) is 0 Å². The maximum absolute atomic E-state index is 12.9. The molecule has 9 heteroatoms. The van der Waals surface area contributed by atoms with Crippen LogP contribution in [-0.4, -0.2) is 65.4 Å². The highest BCUT2D eigenvalue weighted by atomic mass is 16.5. The van der Waals surface area contributed by atoms with E-state index in [1.165, 1.54) is 12.1 Å². The zero-order valence-corrected chi connectivity index (χ0v) is 15.7. The highest BCUT2D eigenvalue weighted by molar-refractivity contribution is 6.23. The van der Waals surface area contributed by atoms with Gasteiger partial charge in [0, 0.05) is 19.6 Å². The minimum atomic E-state index is -1.10. The predicted molar refractivity (Wildman–Crippen MR) is 96.3 cm³/mol. The van der Waals surface area contributed by atoms with Gasteiger partial charge in [-0.05, 0) is 31.4 Å². The molecule has 0 spiro atoms. The number of ether oxygens (including phenoxy) is 2. The molecule has 0 N–H and O–H groups in total. The summed E-state index contributed by atoms with van der Waals surface area (Å²) in [5.74, 6) is -3.14. The van der Waals surface area contributed by atoms with Crippen LogP contribution < -0.4 is 0 Å². The summed E-state index contributed by atoms with van der Waals surface area (Å²) in [6.45, 7) is 0.403. The monoisotopic (exact) mass is 400 g/mol. The molecule has 29 heavy (non-hydrogen) atoms. The molecule has 4 rings (SSSR count). The third-order valence-electron chi connectivity index (χ3n) is 5.51. The molecule has 2 saturated heterocycles. The van der Waals surface area contributed by atoms with Gasteiger partial charge in [-0.15, -0.1) is 0 Å². The van der Waals surface area contributed by atoms with E-state index in [-0.39, 0.29) is 29.9 Å². The fraction of sp³-hybridized carbons (Fsp3) is 0.450. The number of likely N-dealkylation sites (tertiary alicyclic amines) is 1. The third-order valence-corrected chi connectivity index (χ3v) is 5.51. The molecule has 1 atom stereocenters. The van der Waals surface area contributed by atoms with Crippen molar-refractivity contribution in [3.8, 4) is 0 Å². The molecule has 152 valence electrons. The SMILES string of the molecule is O=C(OCN1C(=O)CCC(N2C(=O)c3ccccc3C2=O)C1=O)C1CCOCC1. The van der Waals surface area contributed by atoms with Gasteiger partial charge in [0.2, 0.25) is 5.91 Å². The fourth-order valence-corrected chi connectivity index (χ4v) is 3.87. The standard InChI is InChI=1S/C20H20N2O7/c23-16-6-5-15(22-17(24)13-3-1-2-4-14(13)18(22)25)19(26)21(16)11-29-20(27)12-7-9-28-10-8-12/h1-4,12,15H,5-11H2. The minimum Gasteiger partial charge on any atom is -0.443 e. The van der Waals surface area contributed by atoms with Gasteiger partial charge >= 0.3 is 5.97 Å². The molecule has 2 fully saturated rings. The molecular weight excluding hydrogens is 380 g/mol. The number of hydrogen-bond donors (Lipinski definition) is 0. The van der Waals surface area contributed by atoms with Crippen LogP contribution in [0.3, 0.4) is 0 Å². The number of fused-ring (bicyclic) bond motifs is 1. The molecule has 4 amide bonds. The van der Waals surface area contributed by atoms with Crippen LogP contribution in [0.25, 0.3) is 0 Å². The summed E-state index contributed by atoms with van der Waals surface area (Å²) in [5.41, 5.74) is 0.472. The normalized spacial score (nSPS) is 22.8. The smallest absolute Gasteiger partial charge is 0.310 e. The van der Waals surface area contributed by atoms with Crippen LogP contribution in [0.4, 0.5) is 0 Å². The number of rotatable bonds is 4. The molecule has 0 radical (unpaired) electrons. The van der Waals surface area contributed by atoms with Crippen molar-refractivity contribution in [3.63, 3.8) is 0 Å². The second kappa shape index (κ2) is 7.75. The molecule has 1 aromatic carbocycles. The summed E-state index contributed by atoms with van der Waals surface area (Å²) >= 11 is 0. The summed E-state index contributed by atoms with van der Waals surface area (Å²) in [5, 5.41) is 0. The molecule has 0 aromatic heterocycles. The maximum atomic E-state index is 12.9. The lowest BCUT2D eigenvalue weighted by molar-refractivity contribution is -0.167. The highest BCUT2D eigenvalue weighted by Gasteiger charge is 2.47. The van der Waals surface area contributed by atoms with E-state index in [4.69, 9.17) is 9.47 Å². The second-order valence-electron chi connectivity index (χ2n) is 7.22. The number of esters is 1. The Bertz CT molecular complexity index is 856. The Morgan fingerprint density at radius 1 is 1.00 bits per heavy atom. The van der Waals surface area contributed by atoms with Crippen LogP contribution >= 0.6 is 0 Å². The minimum absolute atomic E-state index is 0.0291. The number of amides is 4. The van der Waals surface area contributed by atoms with Crippen LogP contribution in [0.2, 0.25) is 0 Å². The van der Waals surface area contributed by atoms with Crippen molar-refractivity contribution in [1.82, 2.24) is 9.80 Å². The molecule has 1 aromatic rings. The molecule has 0 saturated carbocycles. The predicted octanol–water partition coefficient (Wildman–Crippen LogP) is 0.727. The maximum Gasteiger partial charge on any atom is 0.310 e. The van der Waals surface area contributed by atoms with Gasteiger partial charge in [0.15, 0.2) is 6.73 Å². The lowest BCUT2D eigenvalue weighted by Gasteiger charge is -2.34. The number of nitrogens with zero attached hydrogens (tertiary/aromatic N) is 2. The Kier molecular flexibility index (Phi) is 5.14. The third kappa shape index (κ3) is 3.42. The van der Waals surface area contributed by atoms with E-state index in [1.54, 1.807) is 12.1 Å². The van der Waals surface area contributed by atoms with Crippen LogP contribution in [0.1, 0.15) is 46.4 Å². The Hall–Kier alpha value is -3.07. The number of piperidine rings is 1. The summed E-state index contributed by atoms with van der Waals surface area (Å²) in [6, 6.07) is 5.24. The van der Waals surface area contributed by atoms with Crippen LogP contribution in [0, 0.1) is 5.92 Å². The van der Waals surface area contributed by atoms with Gasteiger partial charge in [-0.1, -0.05) is 12.1 Å². The van der Waals surface area contributed by atoms with E-state index in [0.717, 1.165) is 9.80 Å². The van der Waals surface area contributed by atoms with Gasteiger partial charge < -0.3 is 9.47 Å². The van der Waals surface area contributed by atoms with Gasteiger partial charge in [0.1, 0.15) is 6.04 Å². The van der Waals surface area contributed by atoms with Crippen molar-refractivity contribution in [3.05, 3.63) is 35.4 Å². The van der Waals surface area contributed by atoms with Gasteiger partial charge in [0.05, 0.1) is 17.0 Å². The van der Waals surface area contributed by atoms with E-state index in [9.17, 15) is 24.0 Å². The van der Waals surface area contributed by atoms with Crippen molar-refractivity contribution in [2.45, 2.75) is 31.7 Å². The zero-order valence-electron chi connectivity index (χ0n) is 15.7. The Morgan fingerprint density at radius 3 is 2.24 bits per heavy atom. The number of hydrogen-bond acceptors (Lipinski definition) is 7. The van der Waals surface area contributed by atoms with E-state index < -0.39 is 42.4 Å². The molecule has 0 aliphatic carbocycles. The summed E-state index contributed by atoms with van der Waals surface area (Å²) in [7, 11) is 0. The molecule has 3 heterocycles. The first kappa shape index (κ1) is 19.3. The first-order valence-electron chi connectivity index (χ1n) is 9.54. The Morgan fingerprint density at radius 2 is 1.62 bits per heavy atom. The number of carbonyl (C=O) groups is 5. The van der Waals surface area contributed by atoms with Crippen molar-refractivity contribution < 1.29 is 33.4 Å². The number of carbonyl (C=O) groups excluding carboxylic acids is 5. The largest absolute Gasteiger partial charge is 0.443 e. The van der Waals surface area contributed by atoms with E-state index in [1.807, 2.05) is 0 Å². The van der Waals surface area contributed by atoms with E-state index >= 15 is 0 Å². The van der Waals surface area contributed by atoms with Gasteiger partial charge in [-0.25, -0.2) is 4.90 Å². The second-order valence-corrected chi connectivity index (χ2v) is 7.22. The van der Waals surface area contributed by atoms with Gasteiger partial charge in [-0.2, -0.15) is 0 Å². The molecule has 0 bridgehead atoms. The Labute approximate surface area is 166 Å². The lowest BCUT2D eigenvalue weighted by atomic mass is 10.0. The summed E-state index contributed by atoms with van der Waals surface area (Å²) < 4.78 is 10.4. The van der Waals surface area contributed by atoms with Gasteiger partial charge in [-0.3, -0.25) is 28.9 Å². The van der Waals surface area contributed by atoms with Crippen LogP contribution in [0.5, 0.6) is 0 Å². The quantitative estimate of drug-likeness (QED) is 0.541. The highest BCUT2D eigenvalue weighted by Crippen LogP contribution is 2.29. The number of benzene rings is 1. The summed E-state index contributed by atoms with van der Waals surface area (Å²) in [4.78, 5) is 64.4. The van der Waals surface area contributed by atoms with Gasteiger partial charge in [0.25, 0.3) is 17.7 Å². The Balaban J connectivity index is 1.46. The van der Waals surface area contributed by atoms with Crippen LogP contribution in [0.15, 0.2) is 24.3 Å². The van der Waals surface area contributed by atoms with Crippen molar-refractivity contribution in [1.29, 1.82) is 0 Å². The molecule has 3 aliphatic heterocycles. The lowest BCUT2D eigenvalue weighted by Crippen LogP contribution is -2.56. The summed E-state index contributed by atoms with van der Waals surface area (Å²) in [6.07, 6.45) is 1.07. The average Bonchev–Trinajstić information content (AvgIpc) is 2.99. The van der Waals surface area contributed by atoms with Crippen molar-refractivity contribution in [2.75, 3.05) is 19.9 Å². The zero-order chi connectivity index (χ0) is 20.5. The molecular formula is C20H20N2O7. The topological polar surface area (TPSA) is 110 Å². The first-order valence-corrected chi connectivity index (χ1v) is 9.54. The molecule has 1 unspecified atom stereocenters.